The molecule has 0 spiro atoms. The van der Waals surface area contributed by atoms with Gasteiger partial charge in [0.1, 0.15) is 6.61 Å². The minimum Gasteiger partial charge on any atom is -0.493 e. The summed E-state index contributed by atoms with van der Waals surface area (Å²) in [6, 6.07) is 17.0. The highest BCUT2D eigenvalue weighted by Gasteiger charge is 2.10. The summed E-state index contributed by atoms with van der Waals surface area (Å²) in [5.41, 5.74) is 2.72. The van der Waals surface area contributed by atoms with Gasteiger partial charge in [-0.1, -0.05) is 35.9 Å². The number of amides is 1. The van der Waals surface area contributed by atoms with Crippen molar-refractivity contribution in [1.29, 1.82) is 0 Å². The topological polar surface area (TPSA) is 90.7 Å². The molecule has 3 rings (SSSR count). The number of hydrogen-bond donors (Lipinski definition) is 1. The minimum atomic E-state index is -0.506. The zero-order chi connectivity index (χ0) is 23.1. The fourth-order valence-corrected chi connectivity index (χ4v) is 2.98. The summed E-state index contributed by atoms with van der Waals surface area (Å²) >= 11 is 5.90. The van der Waals surface area contributed by atoms with E-state index in [-0.39, 0.29) is 5.69 Å². The van der Waals surface area contributed by atoms with Crippen molar-refractivity contribution in [3.63, 3.8) is 0 Å². The van der Waals surface area contributed by atoms with Crippen LogP contribution < -0.4 is 14.8 Å². The van der Waals surface area contributed by atoms with E-state index < -0.39 is 10.8 Å². The van der Waals surface area contributed by atoms with Crippen LogP contribution in [0.1, 0.15) is 16.7 Å². The second kappa shape index (κ2) is 10.5. The first-order valence-electron chi connectivity index (χ1n) is 9.65. The van der Waals surface area contributed by atoms with Crippen molar-refractivity contribution in [3.8, 4) is 11.5 Å². The van der Waals surface area contributed by atoms with E-state index in [0.717, 1.165) is 16.7 Å². The molecule has 0 aliphatic carbocycles. The molecule has 0 aliphatic heterocycles. The minimum absolute atomic E-state index is 0.0891. The maximum Gasteiger partial charge on any atom is 0.271 e. The second-order valence-corrected chi connectivity index (χ2v) is 7.34. The van der Waals surface area contributed by atoms with Gasteiger partial charge in [-0.2, -0.15) is 0 Å². The fourth-order valence-electron chi connectivity index (χ4n) is 2.85. The summed E-state index contributed by atoms with van der Waals surface area (Å²) < 4.78 is 11.2. The van der Waals surface area contributed by atoms with Crippen molar-refractivity contribution in [2.75, 3.05) is 12.4 Å². The van der Waals surface area contributed by atoms with E-state index in [2.05, 4.69) is 5.32 Å². The summed E-state index contributed by atoms with van der Waals surface area (Å²) in [6.45, 7) is 2.12. The molecule has 0 aliphatic rings. The molecular formula is C24H21ClN2O5. The number of carbonyl (C=O) groups excluding carboxylic acids is 1. The van der Waals surface area contributed by atoms with Gasteiger partial charge in [0.15, 0.2) is 11.5 Å². The average Bonchev–Trinajstić information content (AvgIpc) is 2.78. The highest BCUT2D eigenvalue weighted by molar-refractivity contribution is 6.30. The number of benzene rings is 3. The number of nitrogens with zero attached hydrogens (tertiary/aromatic N) is 1. The van der Waals surface area contributed by atoms with Crippen LogP contribution in [-0.2, 0) is 11.4 Å². The first-order chi connectivity index (χ1) is 15.4. The average molecular weight is 453 g/mol. The lowest BCUT2D eigenvalue weighted by molar-refractivity contribution is -0.384. The predicted molar refractivity (Wildman–Crippen MR) is 124 cm³/mol. The van der Waals surface area contributed by atoms with Crippen LogP contribution in [0.5, 0.6) is 11.5 Å². The second-order valence-electron chi connectivity index (χ2n) is 6.90. The van der Waals surface area contributed by atoms with Crippen molar-refractivity contribution >= 4 is 35.0 Å². The van der Waals surface area contributed by atoms with Gasteiger partial charge >= 0.3 is 0 Å². The van der Waals surface area contributed by atoms with Gasteiger partial charge in [-0.25, -0.2) is 0 Å². The molecule has 3 aromatic rings. The first kappa shape index (κ1) is 22.8. The van der Waals surface area contributed by atoms with E-state index >= 15 is 0 Å². The Morgan fingerprint density at radius 1 is 1.09 bits per heavy atom. The molecule has 0 saturated heterocycles. The Kier molecular flexibility index (Phi) is 7.46. The Morgan fingerprint density at radius 3 is 2.53 bits per heavy atom. The van der Waals surface area contributed by atoms with Gasteiger partial charge in [-0.05, 0) is 54.0 Å². The maximum absolute atomic E-state index is 12.3. The van der Waals surface area contributed by atoms with Crippen LogP contribution in [0.4, 0.5) is 11.4 Å². The van der Waals surface area contributed by atoms with Gasteiger partial charge in [0.05, 0.1) is 17.7 Å². The zero-order valence-corrected chi connectivity index (χ0v) is 18.3. The number of hydrogen-bond acceptors (Lipinski definition) is 5. The van der Waals surface area contributed by atoms with E-state index in [4.69, 9.17) is 21.1 Å². The number of carbonyl (C=O) groups is 1. The van der Waals surface area contributed by atoms with Crippen LogP contribution in [0, 0.1) is 17.0 Å². The number of aryl methyl sites for hydroxylation is 1. The lowest BCUT2D eigenvalue weighted by Crippen LogP contribution is -2.09. The normalized spacial score (nSPS) is 10.7. The molecule has 1 amide bonds. The quantitative estimate of drug-likeness (QED) is 0.265. The summed E-state index contributed by atoms with van der Waals surface area (Å²) in [5, 5.41) is 14.3. The van der Waals surface area contributed by atoms with Crippen molar-refractivity contribution < 1.29 is 19.2 Å². The van der Waals surface area contributed by atoms with Crippen LogP contribution in [-0.4, -0.2) is 17.9 Å². The smallest absolute Gasteiger partial charge is 0.271 e. The number of methoxy groups -OCH3 is 1. The molecule has 1 N–H and O–H groups in total. The molecule has 0 radical (unpaired) electrons. The van der Waals surface area contributed by atoms with Crippen molar-refractivity contribution in [1.82, 2.24) is 0 Å². The van der Waals surface area contributed by atoms with Crippen LogP contribution in [0.3, 0.4) is 0 Å². The number of rotatable bonds is 8. The van der Waals surface area contributed by atoms with Gasteiger partial charge in [-0.3, -0.25) is 14.9 Å². The lowest BCUT2D eigenvalue weighted by atomic mass is 10.1. The van der Waals surface area contributed by atoms with Gasteiger partial charge in [0, 0.05) is 23.2 Å². The third kappa shape index (κ3) is 6.09. The molecule has 0 atom stereocenters. The monoisotopic (exact) mass is 452 g/mol. The summed E-state index contributed by atoms with van der Waals surface area (Å²) in [4.78, 5) is 22.7. The zero-order valence-electron chi connectivity index (χ0n) is 17.5. The molecule has 7 nitrogen and oxygen atoms in total. The number of nitro benzene ring substituents is 1. The summed E-state index contributed by atoms with van der Waals surface area (Å²) in [6.07, 6.45) is 2.97. The standard InChI is InChI=1S/C24H21ClN2O5/c1-16-3-10-20(27(29)30)14-21(16)26-24(28)12-7-17-6-11-22(23(13-17)31-2)32-15-18-4-8-19(25)9-5-18/h3-14H,15H2,1-2H3,(H,26,28). The molecule has 0 unspecified atom stereocenters. The largest absolute Gasteiger partial charge is 0.493 e. The third-order valence-electron chi connectivity index (χ3n) is 4.61. The van der Waals surface area contributed by atoms with E-state index in [1.807, 2.05) is 12.1 Å². The Balaban J connectivity index is 1.66. The van der Waals surface area contributed by atoms with Crippen molar-refractivity contribution in [3.05, 3.63) is 98.6 Å². The predicted octanol–water partition coefficient (Wildman–Crippen LogP) is 5.80. The molecule has 0 saturated carbocycles. The first-order valence-corrected chi connectivity index (χ1v) is 10.0. The Morgan fingerprint density at radius 2 is 1.84 bits per heavy atom. The summed E-state index contributed by atoms with van der Waals surface area (Å²) in [7, 11) is 1.54. The van der Waals surface area contributed by atoms with Gasteiger partial charge < -0.3 is 14.8 Å². The van der Waals surface area contributed by atoms with Crippen LogP contribution in [0.2, 0.25) is 5.02 Å². The number of non-ortho nitro benzene ring substituents is 1. The molecule has 0 heterocycles. The third-order valence-corrected chi connectivity index (χ3v) is 4.86. The van der Waals surface area contributed by atoms with Crippen LogP contribution in [0.15, 0.2) is 66.7 Å². The Bertz CT molecular complexity index is 1160. The van der Waals surface area contributed by atoms with Crippen molar-refractivity contribution in [2.24, 2.45) is 0 Å². The van der Waals surface area contributed by atoms with Gasteiger partial charge in [0.2, 0.25) is 5.91 Å². The SMILES string of the molecule is COc1cc(C=CC(=O)Nc2cc([N+](=O)[O-])ccc2C)ccc1OCc1ccc(Cl)cc1. The van der Waals surface area contributed by atoms with E-state index in [1.54, 1.807) is 49.4 Å². The molecule has 32 heavy (non-hydrogen) atoms. The van der Waals surface area contributed by atoms with E-state index in [9.17, 15) is 14.9 Å². The Hall–Kier alpha value is -3.84. The molecule has 0 aromatic heterocycles. The lowest BCUT2D eigenvalue weighted by Gasteiger charge is -2.11. The molecular weight excluding hydrogens is 432 g/mol. The number of nitrogens with one attached hydrogen (secondary N) is 1. The number of nitro groups is 1. The van der Waals surface area contributed by atoms with Gasteiger partial charge in [-0.15, -0.1) is 0 Å². The van der Waals surface area contributed by atoms with Crippen molar-refractivity contribution in [2.45, 2.75) is 13.5 Å². The van der Waals surface area contributed by atoms with Crippen LogP contribution >= 0.6 is 11.6 Å². The molecule has 164 valence electrons. The summed E-state index contributed by atoms with van der Waals surface area (Å²) in [5.74, 6) is 0.683. The fraction of sp³-hybridized carbons (Fsp3) is 0.125. The number of anilines is 1. The molecule has 0 fully saturated rings. The number of ether oxygens (including phenoxy) is 2. The highest BCUT2D eigenvalue weighted by atomic mass is 35.5. The maximum atomic E-state index is 12.3. The van der Waals surface area contributed by atoms with Crippen LogP contribution in [0.25, 0.3) is 6.08 Å². The molecule has 3 aromatic carbocycles. The molecule has 8 heteroatoms. The Labute approximate surface area is 190 Å². The number of halogens is 1. The van der Waals surface area contributed by atoms with Gasteiger partial charge in [0.25, 0.3) is 5.69 Å². The van der Waals surface area contributed by atoms with E-state index in [1.165, 1.54) is 25.3 Å². The van der Waals surface area contributed by atoms with E-state index in [0.29, 0.717) is 28.8 Å². The highest BCUT2D eigenvalue weighted by Crippen LogP contribution is 2.29. The molecule has 0 bridgehead atoms.